The number of fused-ring (bicyclic) bond motifs is 1. The number of piperazine rings is 1. The van der Waals surface area contributed by atoms with Crippen LogP contribution < -0.4 is 25.6 Å². The number of nitrogens with zero attached hydrogens (tertiary/aromatic N) is 5. The first kappa shape index (κ1) is 25.8. The fourth-order valence-corrected chi connectivity index (χ4v) is 6.00. The number of rotatable bonds is 8. The van der Waals surface area contributed by atoms with E-state index in [-0.39, 0.29) is 5.91 Å². The summed E-state index contributed by atoms with van der Waals surface area (Å²) in [6.45, 7) is 7.43. The van der Waals surface area contributed by atoms with Crippen LogP contribution in [0.3, 0.4) is 0 Å². The monoisotopic (exact) mass is 552 g/mol. The van der Waals surface area contributed by atoms with E-state index < -0.39 is 0 Å². The van der Waals surface area contributed by atoms with Gasteiger partial charge < -0.3 is 30.2 Å². The van der Waals surface area contributed by atoms with E-state index in [1.54, 1.807) is 13.3 Å². The lowest BCUT2D eigenvalue weighted by Gasteiger charge is -2.44. The van der Waals surface area contributed by atoms with Gasteiger partial charge in [0, 0.05) is 93.2 Å². The van der Waals surface area contributed by atoms with Gasteiger partial charge >= 0.3 is 0 Å². The number of nitrogens with one attached hydrogen (secondary N) is 3. The molecule has 2 saturated heterocycles. The molecule has 4 heterocycles. The van der Waals surface area contributed by atoms with Crippen LogP contribution in [0.4, 0.5) is 23.0 Å². The summed E-state index contributed by atoms with van der Waals surface area (Å²) in [6, 6.07) is 15.6. The zero-order valence-electron chi connectivity index (χ0n) is 23.6. The molecule has 2 aliphatic heterocycles. The van der Waals surface area contributed by atoms with Crippen LogP contribution in [0, 0.1) is 0 Å². The first-order valence-corrected chi connectivity index (χ1v) is 14.5. The molecule has 0 bridgehead atoms. The Balaban J connectivity index is 1.18. The molecule has 3 fully saturated rings. The number of anilines is 4. The minimum absolute atomic E-state index is 0.119. The van der Waals surface area contributed by atoms with Gasteiger partial charge in [0.25, 0.3) is 0 Å². The molecule has 1 aliphatic carbocycles. The first-order valence-electron chi connectivity index (χ1n) is 14.5. The van der Waals surface area contributed by atoms with Crippen LogP contribution in [-0.4, -0.2) is 77.8 Å². The molecule has 1 amide bonds. The molecule has 3 aliphatic rings. The van der Waals surface area contributed by atoms with Gasteiger partial charge in [-0.05, 0) is 31.0 Å². The van der Waals surface area contributed by atoms with Crippen molar-refractivity contribution in [3.63, 3.8) is 0 Å². The normalized spacial score (nSPS) is 17.9. The molecule has 212 valence electrons. The molecule has 7 rings (SSSR count). The van der Waals surface area contributed by atoms with Crippen LogP contribution in [0.5, 0.6) is 5.75 Å². The number of hydrogen-bond donors (Lipinski definition) is 3. The van der Waals surface area contributed by atoms with Gasteiger partial charge in [-0.2, -0.15) is 0 Å². The quantitative estimate of drug-likeness (QED) is 0.299. The molecule has 0 unspecified atom stereocenters. The van der Waals surface area contributed by atoms with Gasteiger partial charge in [0.2, 0.25) is 11.9 Å². The van der Waals surface area contributed by atoms with E-state index in [9.17, 15) is 4.79 Å². The minimum atomic E-state index is -0.119. The lowest BCUT2D eigenvalue weighted by atomic mass is 10.1. The number of ether oxygens (including phenoxy) is 1. The van der Waals surface area contributed by atoms with Crippen molar-refractivity contribution < 1.29 is 9.53 Å². The Kier molecular flexibility index (Phi) is 6.72. The number of benzene rings is 2. The molecule has 10 nitrogen and oxygen atoms in total. The van der Waals surface area contributed by atoms with Crippen molar-refractivity contribution in [3.8, 4) is 17.0 Å². The minimum Gasteiger partial charge on any atom is -0.494 e. The first-order chi connectivity index (χ1) is 20.1. The summed E-state index contributed by atoms with van der Waals surface area (Å²) in [4.78, 5) is 26.5. The summed E-state index contributed by atoms with van der Waals surface area (Å²) in [5.74, 6) is 1.01. The Bertz CT molecular complexity index is 1580. The molecule has 0 atom stereocenters. The average molecular weight is 553 g/mol. The average Bonchev–Trinajstić information content (AvgIpc) is 3.72. The Morgan fingerprint density at radius 1 is 1.02 bits per heavy atom. The van der Waals surface area contributed by atoms with Gasteiger partial charge in [-0.1, -0.05) is 18.2 Å². The highest BCUT2D eigenvalue weighted by atomic mass is 16.5. The highest BCUT2D eigenvalue weighted by Gasteiger charge is 2.29. The number of aromatic nitrogens is 3. The lowest BCUT2D eigenvalue weighted by Crippen LogP contribution is -2.61. The lowest BCUT2D eigenvalue weighted by molar-refractivity contribution is -0.114. The van der Waals surface area contributed by atoms with Crippen molar-refractivity contribution in [3.05, 3.63) is 54.9 Å². The van der Waals surface area contributed by atoms with E-state index in [1.807, 2.05) is 18.2 Å². The molecular formula is C31H36N8O2. The third kappa shape index (κ3) is 5.09. The highest BCUT2D eigenvalue weighted by Crippen LogP contribution is 2.42. The number of carbonyl (C=O) groups excluding carboxylic acids is 1. The molecular weight excluding hydrogens is 516 g/mol. The third-order valence-electron chi connectivity index (χ3n) is 8.42. The summed E-state index contributed by atoms with van der Waals surface area (Å²) >= 11 is 0. The topological polar surface area (TPSA) is 99.6 Å². The zero-order chi connectivity index (χ0) is 27.9. The summed E-state index contributed by atoms with van der Waals surface area (Å²) in [6.07, 6.45) is 6.43. The number of amides is 1. The Morgan fingerprint density at radius 3 is 2.54 bits per heavy atom. The van der Waals surface area contributed by atoms with Crippen LogP contribution in [0.25, 0.3) is 22.2 Å². The van der Waals surface area contributed by atoms with Gasteiger partial charge in [0.1, 0.15) is 5.75 Å². The van der Waals surface area contributed by atoms with Crippen molar-refractivity contribution in [2.24, 2.45) is 0 Å². The Hall–Kier alpha value is -4.15. The SMILES string of the molecule is COc1cc(N2CCN(C3CNC3)CC2)c(NC(C)=O)cc1Nc1nccc(-c2cn(C3CC3)c3ccccc23)n1. The summed E-state index contributed by atoms with van der Waals surface area (Å²) in [5, 5.41) is 11.0. The van der Waals surface area contributed by atoms with Crippen LogP contribution in [0.15, 0.2) is 54.9 Å². The summed E-state index contributed by atoms with van der Waals surface area (Å²) in [5.41, 5.74) is 5.57. The third-order valence-corrected chi connectivity index (χ3v) is 8.42. The maximum absolute atomic E-state index is 12.2. The van der Waals surface area contributed by atoms with Crippen LogP contribution in [0.1, 0.15) is 25.8 Å². The number of hydrogen-bond acceptors (Lipinski definition) is 8. The van der Waals surface area contributed by atoms with E-state index in [0.717, 1.165) is 61.9 Å². The van der Waals surface area contributed by atoms with Gasteiger partial charge in [0.15, 0.2) is 0 Å². The second-order valence-electron chi connectivity index (χ2n) is 11.2. The molecule has 0 radical (unpaired) electrons. The van der Waals surface area contributed by atoms with Gasteiger partial charge in [-0.25, -0.2) is 9.97 Å². The fraction of sp³-hybridized carbons (Fsp3) is 0.387. The zero-order valence-corrected chi connectivity index (χ0v) is 23.6. The van der Waals surface area contributed by atoms with Crippen molar-refractivity contribution >= 4 is 39.8 Å². The van der Waals surface area contributed by atoms with Gasteiger partial charge in [0.05, 0.1) is 29.9 Å². The van der Waals surface area contributed by atoms with Crippen LogP contribution in [0.2, 0.25) is 0 Å². The highest BCUT2D eigenvalue weighted by molar-refractivity contribution is 5.96. The molecule has 2 aromatic heterocycles. The van der Waals surface area contributed by atoms with Gasteiger partial charge in [-0.15, -0.1) is 0 Å². The predicted octanol–water partition coefficient (Wildman–Crippen LogP) is 4.24. The standard InChI is InChI=1S/C31H36N8O2/c1-20(40)34-26-15-27(30(41-2)16-29(26)38-13-11-37(12-14-38)22-17-32-18-22)36-31-33-10-9-25(35-31)24-19-39(21-7-8-21)28-6-4-3-5-23(24)28/h3-6,9-10,15-16,19,21-22,32H,7-8,11-14,17-18H2,1-2H3,(H,34,40)(H,33,35,36). The Labute approximate surface area is 239 Å². The van der Waals surface area contributed by atoms with E-state index in [2.05, 4.69) is 65.8 Å². The van der Waals surface area contributed by atoms with Crippen molar-refractivity contribution in [2.75, 3.05) is 61.9 Å². The van der Waals surface area contributed by atoms with Crippen LogP contribution >= 0.6 is 0 Å². The molecule has 2 aromatic carbocycles. The molecule has 0 spiro atoms. The number of para-hydroxylation sites is 1. The van der Waals surface area contributed by atoms with Crippen molar-refractivity contribution in [1.29, 1.82) is 0 Å². The summed E-state index contributed by atoms with van der Waals surface area (Å²) in [7, 11) is 1.66. The molecule has 4 aromatic rings. The molecule has 1 saturated carbocycles. The number of methoxy groups -OCH3 is 1. The fourth-order valence-electron chi connectivity index (χ4n) is 6.00. The smallest absolute Gasteiger partial charge is 0.227 e. The predicted molar refractivity (Wildman–Crippen MR) is 162 cm³/mol. The maximum atomic E-state index is 12.2. The molecule has 10 heteroatoms. The summed E-state index contributed by atoms with van der Waals surface area (Å²) < 4.78 is 8.20. The largest absolute Gasteiger partial charge is 0.494 e. The molecule has 41 heavy (non-hydrogen) atoms. The van der Waals surface area contributed by atoms with Crippen molar-refractivity contribution in [1.82, 2.24) is 24.8 Å². The number of carbonyl (C=O) groups is 1. The second kappa shape index (κ2) is 10.7. The van der Waals surface area contributed by atoms with E-state index in [0.29, 0.717) is 29.5 Å². The van der Waals surface area contributed by atoms with Gasteiger partial charge in [-0.3, -0.25) is 9.69 Å². The molecule has 3 N–H and O–H groups in total. The van der Waals surface area contributed by atoms with Crippen LogP contribution in [-0.2, 0) is 4.79 Å². The van der Waals surface area contributed by atoms with E-state index >= 15 is 0 Å². The van der Waals surface area contributed by atoms with E-state index in [4.69, 9.17) is 9.72 Å². The van der Waals surface area contributed by atoms with Crippen molar-refractivity contribution in [2.45, 2.75) is 31.8 Å². The Morgan fingerprint density at radius 2 is 1.83 bits per heavy atom. The maximum Gasteiger partial charge on any atom is 0.227 e. The van der Waals surface area contributed by atoms with E-state index in [1.165, 1.54) is 30.7 Å². The second-order valence-corrected chi connectivity index (χ2v) is 11.2.